The molecule has 0 spiro atoms. The van der Waals surface area contributed by atoms with Gasteiger partial charge in [0.05, 0.1) is 12.6 Å². The highest BCUT2D eigenvalue weighted by molar-refractivity contribution is 5.79. The molecular formula is C15H24N2O2. The Bertz CT molecular complexity index is 401. The van der Waals surface area contributed by atoms with Crippen molar-refractivity contribution >= 4 is 11.6 Å². The number of nitrogens with two attached hydrogens (primary N) is 1. The van der Waals surface area contributed by atoms with E-state index >= 15 is 0 Å². The summed E-state index contributed by atoms with van der Waals surface area (Å²) in [5.74, 6) is 0.110. The van der Waals surface area contributed by atoms with E-state index in [2.05, 4.69) is 13.8 Å². The van der Waals surface area contributed by atoms with Gasteiger partial charge in [0.25, 0.3) is 0 Å². The van der Waals surface area contributed by atoms with E-state index in [-0.39, 0.29) is 12.5 Å². The van der Waals surface area contributed by atoms with Gasteiger partial charge in [-0.25, -0.2) is 0 Å². The number of anilines is 1. The number of amides is 1. The standard InChI is InChI=1S/C15H24N2O2/c1-4-14(18)12-5-7-13(8-6-12)17(9-11(2)3)10-15(16)19/h5-8,11,14,18H,4,9-10H2,1-3H3,(H2,16,19). The molecule has 106 valence electrons. The highest BCUT2D eigenvalue weighted by Gasteiger charge is 2.12. The van der Waals surface area contributed by atoms with Crippen molar-refractivity contribution in [2.24, 2.45) is 11.7 Å². The maximum Gasteiger partial charge on any atom is 0.236 e. The Kier molecular flexibility index (Phi) is 5.83. The second-order valence-corrected chi connectivity index (χ2v) is 5.26. The first-order chi connectivity index (χ1) is 8.93. The van der Waals surface area contributed by atoms with Gasteiger partial charge in [-0.3, -0.25) is 4.79 Å². The summed E-state index contributed by atoms with van der Waals surface area (Å²) in [5, 5.41) is 9.76. The maximum atomic E-state index is 11.1. The summed E-state index contributed by atoms with van der Waals surface area (Å²) in [4.78, 5) is 13.1. The molecule has 0 fully saturated rings. The Hall–Kier alpha value is -1.55. The van der Waals surface area contributed by atoms with Crippen LogP contribution < -0.4 is 10.6 Å². The Labute approximate surface area is 115 Å². The molecule has 0 aromatic heterocycles. The largest absolute Gasteiger partial charge is 0.388 e. The van der Waals surface area contributed by atoms with Gasteiger partial charge in [-0.1, -0.05) is 32.9 Å². The average Bonchev–Trinajstić information content (AvgIpc) is 2.36. The molecule has 1 amide bonds. The topological polar surface area (TPSA) is 66.6 Å². The lowest BCUT2D eigenvalue weighted by Crippen LogP contribution is -2.36. The molecule has 4 nitrogen and oxygen atoms in total. The van der Waals surface area contributed by atoms with Gasteiger partial charge in [0.2, 0.25) is 5.91 Å². The molecule has 3 N–H and O–H groups in total. The van der Waals surface area contributed by atoms with E-state index in [0.717, 1.165) is 17.8 Å². The van der Waals surface area contributed by atoms with Crippen LogP contribution in [0.4, 0.5) is 5.69 Å². The summed E-state index contributed by atoms with van der Waals surface area (Å²) < 4.78 is 0. The molecule has 4 heteroatoms. The van der Waals surface area contributed by atoms with Gasteiger partial charge in [-0.15, -0.1) is 0 Å². The third-order valence-corrected chi connectivity index (χ3v) is 2.96. The van der Waals surface area contributed by atoms with Crippen LogP contribution in [0.15, 0.2) is 24.3 Å². The first-order valence-corrected chi connectivity index (χ1v) is 6.75. The van der Waals surface area contributed by atoms with E-state index in [1.807, 2.05) is 36.1 Å². The summed E-state index contributed by atoms with van der Waals surface area (Å²) in [6.45, 7) is 7.13. The summed E-state index contributed by atoms with van der Waals surface area (Å²) in [6.07, 6.45) is 0.264. The Morgan fingerprint density at radius 1 is 1.32 bits per heavy atom. The molecule has 0 saturated carbocycles. The molecule has 0 aliphatic heterocycles. The zero-order valence-electron chi connectivity index (χ0n) is 12.0. The van der Waals surface area contributed by atoms with Crippen LogP contribution in [0.25, 0.3) is 0 Å². The van der Waals surface area contributed by atoms with Crippen molar-refractivity contribution in [2.45, 2.75) is 33.3 Å². The zero-order valence-corrected chi connectivity index (χ0v) is 12.0. The fraction of sp³-hybridized carbons (Fsp3) is 0.533. The number of primary amides is 1. The number of hydrogen-bond acceptors (Lipinski definition) is 3. The van der Waals surface area contributed by atoms with Crippen molar-refractivity contribution in [3.8, 4) is 0 Å². The van der Waals surface area contributed by atoms with Crippen molar-refractivity contribution in [3.05, 3.63) is 29.8 Å². The third kappa shape index (κ3) is 4.91. The summed E-state index contributed by atoms with van der Waals surface area (Å²) in [5.41, 5.74) is 7.14. The van der Waals surface area contributed by atoms with E-state index in [4.69, 9.17) is 5.73 Å². The zero-order chi connectivity index (χ0) is 14.4. The second kappa shape index (κ2) is 7.14. The van der Waals surface area contributed by atoms with Crippen LogP contribution in [0.1, 0.15) is 38.9 Å². The van der Waals surface area contributed by atoms with Crippen LogP contribution in [0.2, 0.25) is 0 Å². The van der Waals surface area contributed by atoms with Gasteiger partial charge in [0.1, 0.15) is 0 Å². The highest BCUT2D eigenvalue weighted by Crippen LogP contribution is 2.21. The lowest BCUT2D eigenvalue weighted by atomic mass is 10.1. The average molecular weight is 264 g/mol. The SMILES string of the molecule is CCC(O)c1ccc(N(CC(N)=O)CC(C)C)cc1. The fourth-order valence-electron chi connectivity index (χ4n) is 2.03. The number of benzene rings is 1. The van der Waals surface area contributed by atoms with Crippen LogP contribution in [0.5, 0.6) is 0 Å². The molecule has 0 bridgehead atoms. The number of hydrogen-bond donors (Lipinski definition) is 2. The van der Waals surface area contributed by atoms with Gasteiger partial charge in [-0.2, -0.15) is 0 Å². The van der Waals surface area contributed by atoms with E-state index < -0.39 is 6.10 Å². The van der Waals surface area contributed by atoms with Crippen molar-refractivity contribution in [1.29, 1.82) is 0 Å². The van der Waals surface area contributed by atoms with Gasteiger partial charge in [0.15, 0.2) is 0 Å². The van der Waals surface area contributed by atoms with Gasteiger partial charge in [0, 0.05) is 12.2 Å². The number of aliphatic hydroxyl groups excluding tert-OH is 1. The highest BCUT2D eigenvalue weighted by atomic mass is 16.3. The lowest BCUT2D eigenvalue weighted by molar-refractivity contribution is -0.116. The first-order valence-electron chi connectivity index (χ1n) is 6.75. The first kappa shape index (κ1) is 15.5. The molecule has 0 aliphatic rings. The van der Waals surface area contributed by atoms with E-state index in [0.29, 0.717) is 12.3 Å². The summed E-state index contributed by atoms with van der Waals surface area (Å²) in [6, 6.07) is 7.66. The molecule has 1 aromatic rings. The van der Waals surface area contributed by atoms with Crippen LogP contribution >= 0.6 is 0 Å². The van der Waals surface area contributed by atoms with Crippen LogP contribution in [0.3, 0.4) is 0 Å². The summed E-state index contributed by atoms with van der Waals surface area (Å²) in [7, 11) is 0. The molecule has 0 radical (unpaired) electrons. The molecule has 1 atom stereocenters. The van der Waals surface area contributed by atoms with Crippen molar-refractivity contribution < 1.29 is 9.90 Å². The van der Waals surface area contributed by atoms with Crippen LogP contribution in [-0.4, -0.2) is 24.1 Å². The Morgan fingerprint density at radius 2 is 1.89 bits per heavy atom. The smallest absolute Gasteiger partial charge is 0.236 e. The molecule has 0 saturated heterocycles. The normalized spacial score (nSPS) is 12.5. The van der Waals surface area contributed by atoms with E-state index in [1.165, 1.54) is 0 Å². The van der Waals surface area contributed by atoms with Gasteiger partial charge >= 0.3 is 0 Å². The van der Waals surface area contributed by atoms with Gasteiger partial charge < -0.3 is 15.7 Å². The summed E-state index contributed by atoms with van der Waals surface area (Å²) >= 11 is 0. The minimum atomic E-state index is -0.427. The molecule has 1 aromatic carbocycles. The van der Waals surface area contributed by atoms with Crippen LogP contribution in [0, 0.1) is 5.92 Å². The van der Waals surface area contributed by atoms with E-state index in [9.17, 15) is 9.90 Å². The van der Waals surface area contributed by atoms with Crippen molar-refractivity contribution in [1.82, 2.24) is 0 Å². The second-order valence-electron chi connectivity index (χ2n) is 5.26. The van der Waals surface area contributed by atoms with Gasteiger partial charge in [-0.05, 0) is 30.0 Å². The number of carbonyl (C=O) groups excluding carboxylic acids is 1. The minimum Gasteiger partial charge on any atom is -0.388 e. The minimum absolute atomic E-state index is 0.216. The Balaban J connectivity index is 2.86. The Morgan fingerprint density at radius 3 is 2.32 bits per heavy atom. The quantitative estimate of drug-likeness (QED) is 0.792. The fourth-order valence-corrected chi connectivity index (χ4v) is 2.03. The molecule has 1 unspecified atom stereocenters. The number of aliphatic hydroxyl groups is 1. The molecule has 0 aliphatic carbocycles. The lowest BCUT2D eigenvalue weighted by Gasteiger charge is -2.25. The number of carbonyl (C=O) groups is 1. The molecule has 0 heterocycles. The predicted octanol–water partition coefficient (Wildman–Crippen LogP) is 2.08. The number of rotatable bonds is 7. The molecule has 19 heavy (non-hydrogen) atoms. The monoisotopic (exact) mass is 264 g/mol. The van der Waals surface area contributed by atoms with Crippen LogP contribution in [-0.2, 0) is 4.79 Å². The molecular weight excluding hydrogens is 240 g/mol. The van der Waals surface area contributed by atoms with Crippen molar-refractivity contribution in [3.63, 3.8) is 0 Å². The number of nitrogens with zero attached hydrogens (tertiary/aromatic N) is 1. The molecule has 1 rings (SSSR count). The van der Waals surface area contributed by atoms with E-state index in [1.54, 1.807) is 0 Å². The maximum absolute atomic E-state index is 11.1. The van der Waals surface area contributed by atoms with Crippen molar-refractivity contribution in [2.75, 3.05) is 18.0 Å². The third-order valence-electron chi connectivity index (χ3n) is 2.96. The predicted molar refractivity (Wildman–Crippen MR) is 77.9 cm³/mol.